The van der Waals surface area contributed by atoms with Crippen molar-refractivity contribution in [2.45, 2.75) is 127 Å². The average Bonchev–Trinajstić information content (AvgIpc) is 0.960. The van der Waals surface area contributed by atoms with E-state index < -0.39 is 102 Å². The second-order valence-electron chi connectivity index (χ2n) is 22.9. The van der Waals surface area contributed by atoms with Crippen LogP contribution in [0.4, 0.5) is 68.9 Å². The van der Waals surface area contributed by atoms with Gasteiger partial charge in [-0.15, -0.1) is 0 Å². The number of urea groups is 1. The third-order valence-electron chi connectivity index (χ3n) is 16.5. The van der Waals surface area contributed by atoms with E-state index in [1.54, 1.807) is 67.8 Å². The number of imide groups is 1. The fraction of sp³-hybridized carbons (Fsp3) is 0.400. The molecule has 5 amide bonds. The van der Waals surface area contributed by atoms with Gasteiger partial charge in [-0.1, -0.05) is 113 Å². The number of nitrogens with zero attached hydrogens (tertiary/aromatic N) is 6. The molecular formula is C65H66BrF12N7O7. The number of fused-ring (bicyclic) bond motifs is 1. The van der Waals surface area contributed by atoms with Crippen LogP contribution in [0.5, 0.6) is 0 Å². The summed E-state index contributed by atoms with van der Waals surface area (Å²) in [6, 6.07) is 21.6. The molecule has 0 radical (unpaired) electrons. The Kier molecular flexibility index (Phi) is 20.8. The highest BCUT2D eigenvalue weighted by Gasteiger charge is 2.75. The molecule has 0 aliphatic carbocycles. The van der Waals surface area contributed by atoms with Gasteiger partial charge in [-0.05, 0) is 107 Å². The number of hydrogen-bond donors (Lipinski definition) is 1. The topological polar surface area (TPSA) is 141 Å². The Labute approximate surface area is 530 Å². The number of benzene rings is 4. The Hall–Kier alpha value is -7.91. The summed E-state index contributed by atoms with van der Waals surface area (Å²) >= 11 is 3.17. The number of alkyl halides is 13. The molecule has 6 aromatic rings. The van der Waals surface area contributed by atoms with E-state index in [1.807, 2.05) is 18.7 Å². The van der Waals surface area contributed by atoms with Crippen LogP contribution in [-0.2, 0) is 53.8 Å². The number of anilines is 2. The molecule has 14 nitrogen and oxygen atoms in total. The van der Waals surface area contributed by atoms with Crippen molar-refractivity contribution in [3.63, 3.8) is 0 Å². The minimum atomic E-state index is -5.88. The van der Waals surface area contributed by atoms with E-state index in [4.69, 9.17) is 13.9 Å². The molecule has 1 N–H and O–H groups in total. The molecule has 27 heteroatoms. The molecule has 3 fully saturated rings. The van der Waals surface area contributed by atoms with Gasteiger partial charge in [0, 0.05) is 78.2 Å². The number of pyridine rings is 1. The number of halogens is 13. The van der Waals surface area contributed by atoms with Gasteiger partial charge in [0.15, 0.2) is 11.1 Å². The van der Waals surface area contributed by atoms with Gasteiger partial charge in [0.25, 0.3) is 17.1 Å². The summed E-state index contributed by atoms with van der Waals surface area (Å²) in [6.45, 7) is 10.4. The normalized spacial score (nSPS) is 20.5. The van der Waals surface area contributed by atoms with Gasteiger partial charge in [0.05, 0.1) is 36.7 Å². The van der Waals surface area contributed by atoms with E-state index in [-0.39, 0.29) is 64.4 Å². The monoisotopic (exact) mass is 1360 g/mol. The largest absolute Gasteiger partial charge is 0.463 e. The summed E-state index contributed by atoms with van der Waals surface area (Å²) in [5.41, 5.74) is -10.8. The number of ether oxygens (including phenoxy) is 2. The number of aromatic nitrogens is 1. The van der Waals surface area contributed by atoms with Crippen LogP contribution < -0.4 is 15.1 Å². The first-order valence-electron chi connectivity index (χ1n) is 29.0. The lowest BCUT2D eigenvalue weighted by Gasteiger charge is -2.46. The molecule has 9 rings (SSSR count). The lowest BCUT2D eigenvalue weighted by Crippen LogP contribution is -2.60. The summed E-state index contributed by atoms with van der Waals surface area (Å²) < 4.78 is 189. The minimum absolute atomic E-state index is 0.0753. The number of piperazine rings is 2. The van der Waals surface area contributed by atoms with Crippen molar-refractivity contribution in [3.05, 3.63) is 173 Å². The molecule has 92 heavy (non-hydrogen) atoms. The number of allylic oxidation sites excluding steroid dienone is 2. The van der Waals surface area contributed by atoms with E-state index in [2.05, 4.69) is 26.2 Å². The zero-order valence-electron chi connectivity index (χ0n) is 50.8. The van der Waals surface area contributed by atoms with Gasteiger partial charge in [-0.3, -0.25) is 24.3 Å². The number of furan rings is 1. The minimum Gasteiger partial charge on any atom is -0.463 e. The van der Waals surface area contributed by atoms with Crippen LogP contribution in [0.15, 0.2) is 138 Å². The van der Waals surface area contributed by atoms with Crippen LogP contribution in [0.3, 0.4) is 0 Å². The van der Waals surface area contributed by atoms with Gasteiger partial charge in [-0.25, -0.2) is 4.79 Å². The highest BCUT2D eigenvalue weighted by molar-refractivity contribution is 9.09. The number of carbonyl (C=O) groups is 4. The summed E-state index contributed by atoms with van der Waals surface area (Å²) in [4.78, 5) is 64.6. The molecule has 2 aromatic heterocycles. The molecule has 5 atom stereocenters. The summed E-state index contributed by atoms with van der Waals surface area (Å²) in [6.07, 6.45) is -14.5. The van der Waals surface area contributed by atoms with Gasteiger partial charge < -0.3 is 38.8 Å². The van der Waals surface area contributed by atoms with Crippen LogP contribution in [0.2, 0.25) is 0 Å². The molecule has 3 saturated heterocycles. The highest BCUT2D eigenvalue weighted by atomic mass is 79.9. The lowest BCUT2D eigenvalue weighted by molar-refractivity contribution is -0.393. The van der Waals surface area contributed by atoms with Gasteiger partial charge >= 0.3 is 30.7 Å². The highest BCUT2D eigenvalue weighted by Crippen LogP contribution is 2.56. The first kappa shape index (κ1) is 70.0. The Balaban J connectivity index is 0.000000252. The molecule has 0 spiro atoms. The molecule has 1 unspecified atom stereocenters. The van der Waals surface area contributed by atoms with Crippen molar-refractivity contribution in [1.82, 2.24) is 25.0 Å². The Bertz CT molecular complexity index is 3650. The van der Waals surface area contributed by atoms with Gasteiger partial charge in [0.1, 0.15) is 6.54 Å². The molecule has 0 saturated carbocycles. The van der Waals surface area contributed by atoms with Crippen molar-refractivity contribution < 1.29 is 85.8 Å². The number of nitrogens with one attached hydrogen (secondary N) is 1. The quantitative estimate of drug-likeness (QED) is 0.0566. The van der Waals surface area contributed by atoms with E-state index in [0.717, 1.165) is 29.2 Å². The standard InChI is InChI=1S/C38H37F6N5O5.C27H29BrF6N2O2/c1-5-9-26-16-28(36(37(39,40)41,38(42,43)44)54-22-25-10-7-6-8-11-25)12-13-29(26)47-19-24(3)48(20-23(47)2)32(50)21-49-33(51)35(4,46-34(49)52)31-17-27-14-15-53-30(27)18-45-31;1-4-8-21-13-22(11-12-23(21)35-15-19(3)36(16-18(35)2)24(37)14-28)25(26(29,30)31,27(32,33)34)38-17-20-9-6-5-7-10-20/h5-18,23-24H,19-22H2,1-4H3,(H,46,52);4-13,18-19H,14-17H2,1-3H3/b9-5-;8-4-/t23?,24-,35+;18-,19+/m01/s1. The van der Waals surface area contributed by atoms with Crippen molar-refractivity contribution in [3.8, 4) is 0 Å². The predicted molar refractivity (Wildman–Crippen MR) is 324 cm³/mol. The molecular weight excluding hydrogens is 1300 g/mol. The van der Waals surface area contributed by atoms with Crippen molar-refractivity contribution >= 4 is 74.2 Å². The lowest BCUT2D eigenvalue weighted by atomic mass is 9.89. The molecule has 4 aromatic carbocycles. The zero-order chi connectivity index (χ0) is 67.5. The first-order valence-corrected chi connectivity index (χ1v) is 30.1. The van der Waals surface area contributed by atoms with E-state index in [9.17, 15) is 71.9 Å². The number of carbonyl (C=O) groups excluding carboxylic acids is 4. The maximum Gasteiger partial charge on any atom is 0.430 e. The Morgan fingerprint density at radius 2 is 1.05 bits per heavy atom. The van der Waals surface area contributed by atoms with Gasteiger partial charge in [0.2, 0.25) is 11.8 Å². The van der Waals surface area contributed by atoms with Crippen molar-refractivity contribution in [1.29, 1.82) is 0 Å². The fourth-order valence-electron chi connectivity index (χ4n) is 11.8. The second-order valence-corrected chi connectivity index (χ2v) is 23.4. The summed E-state index contributed by atoms with van der Waals surface area (Å²) in [5.74, 6) is -1.29. The maximum atomic E-state index is 14.7. The van der Waals surface area contributed by atoms with Crippen molar-refractivity contribution in [2.75, 3.05) is 47.9 Å². The SMILES string of the molecule is C/C=C\c1cc(C(OCc2ccccc2)(C(F)(F)F)C(F)(F)F)ccc1N1C[C@H](C)N(C(=O)CBr)C[C@H]1C.C/C=C\c1cc(C(OCc2ccccc2)(C(F)(F)F)C(F)(F)F)ccc1N1C[C@H](C)N(C(=O)CN2C(=O)N[C@](C)(c3cc4ccoc4cn3)C2=O)CC1C. The summed E-state index contributed by atoms with van der Waals surface area (Å²) in [5, 5.41) is 3.46. The van der Waals surface area contributed by atoms with Gasteiger partial charge in [-0.2, -0.15) is 52.7 Å². The fourth-order valence-corrected chi connectivity index (χ4v) is 12.1. The van der Waals surface area contributed by atoms with E-state index in [0.29, 0.717) is 35.4 Å². The van der Waals surface area contributed by atoms with Crippen LogP contribution in [0.25, 0.3) is 23.1 Å². The van der Waals surface area contributed by atoms with Crippen molar-refractivity contribution in [2.24, 2.45) is 0 Å². The van der Waals surface area contributed by atoms with Crippen LogP contribution in [0.1, 0.15) is 87.5 Å². The maximum absolute atomic E-state index is 14.7. The number of amides is 5. The number of hydrogen-bond acceptors (Lipinski definition) is 10. The average molecular weight is 1370 g/mol. The third-order valence-corrected chi connectivity index (χ3v) is 17.0. The van der Waals surface area contributed by atoms with E-state index >= 15 is 0 Å². The Morgan fingerprint density at radius 1 is 0.620 bits per heavy atom. The van der Waals surface area contributed by atoms with Crippen LogP contribution >= 0.6 is 15.9 Å². The molecule has 3 aliphatic heterocycles. The second kappa shape index (κ2) is 27.3. The number of rotatable bonds is 16. The zero-order valence-corrected chi connectivity index (χ0v) is 52.4. The molecule has 0 bridgehead atoms. The Morgan fingerprint density at radius 3 is 1.47 bits per heavy atom. The first-order chi connectivity index (χ1) is 43.2. The van der Waals surface area contributed by atoms with Crippen LogP contribution in [-0.4, -0.2) is 130 Å². The molecule has 5 heterocycles. The third kappa shape index (κ3) is 13.8. The van der Waals surface area contributed by atoms with E-state index in [1.165, 1.54) is 103 Å². The predicted octanol–water partition coefficient (Wildman–Crippen LogP) is 14.4. The molecule has 494 valence electrons. The smallest absolute Gasteiger partial charge is 0.430 e. The molecule has 3 aliphatic rings. The summed E-state index contributed by atoms with van der Waals surface area (Å²) in [7, 11) is 0. The van der Waals surface area contributed by atoms with Crippen LogP contribution in [0, 0.1) is 0 Å².